The van der Waals surface area contributed by atoms with Gasteiger partial charge in [-0.3, -0.25) is 0 Å². The molecular weight excluding hydrogens is 290 g/mol. The van der Waals surface area contributed by atoms with Crippen molar-refractivity contribution in [3.8, 4) is 0 Å². The molecule has 19 heavy (non-hydrogen) atoms. The van der Waals surface area contributed by atoms with Gasteiger partial charge in [-0.2, -0.15) is 0 Å². The number of hydrogen-bond donors (Lipinski definition) is 2. The summed E-state index contributed by atoms with van der Waals surface area (Å²) in [5.41, 5.74) is 6.45. The van der Waals surface area contributed by atoms with Crippen molar-refractivity contribution in [2.75, 3.05) is 5.32 Å². The van der Waals surface area contributed by atoms with Gasteiger partial charge in [0.1, 0.15) is 16.6 Å². The molecule has 2 nitrogen and oxygen atoms in total. The number of nitrogens with two attached hydrogens (primary N) is 1. The minimum Gasteiger partial charge on any atom is -0.389 e. The van der Waals surface area contributed by atoms with Crippen molar-refractivity contribution in [2.24, 2.45) is 5.73 Å². The van der Waals surface area contributed by atoms with Crippen LogP contribution in [0.1, 0.15) is 5.56 Å². The van der Waals surface area contributed by atoms with Gasteiger partial charge in [0.15, 0.2) is 0 Å². The van der Waals surface area contributed by atoms with Crippen molar-refractivity contribution in [3.63, 3.8) is 0 Å². The Labute approximate surface area is 119 Å². The van der Waals surface area contributed by atoms with E-state index >= 15 is 0 Å². The summed E-state index contributed by atoms with van der Waals surface area (Å²) in [7, 11) is 0. The largest absolute Gasteiger partial charge is 0.389 e. The van der Waals surface area contributed by atoms with Gasteiger partial charge >= 0.3 is 0 Å². The van der Waals surface area contributed by atoms with E-state index in [1.165, 1.54) is 36.4 Å². The summed E-state index contributed by atoms with van der Waals surface area (Å²) in [4.78, 5) is 0.0244. The van der Waals surface area contributed by atoms with Gasteiger partial charge in [0.2, 0.25) is 0 Å². The predicted octanol–water partition coefficient (Wildman–Crippen LogP) is 4.00. The molecule has 0 saturated carbocycles. The minimum absolute atomic E-state index is 0.0244. The van der Waals surface area contributed by atoms with Crippen molar-refractivity contribution in [2.45, 2.75) is 0 Å². The monoisotopic (exact) mass is 298 g/mol. The van der Waals surface area contributed by atoms with E-state index in [1.54, 1.807) is 0 Å². The zero-order valence-corrected chi connectivity index (χ0v) is 11.2. The summed E-state index contributed by atoms with van der Waals surface area (Å²) in [6.45, 7) is 0. The van der Waals surface area contributed by atoms with E-state index in [1.807, 2.05) is 0 Å². The second-order valence-corrected chi connectivity index (χ2v) is 4.68. The molecule has 0 fully saturated rings. The van der Waals surface area contributed by atoms with E-state index in [9.17, 15) is 8.78 Å². The lowest BCUT2D eigenvalue weighted by molar-refractivity contribution is 0.627. The van der Waals surface area contributed by atoms with Gasteiger partial charge in [-0.05, 0) is 36.4 Å². The molecule has 0 amide bonds. The van der Waals surface area contributed by atoms with Crippen LogP contribution in [-0.4, -0.2) is 4.99 Å². The van der Waals surface area contributed by atoms with Crippen molar-refractivity contribution in [3.05, 3.63) is 58.6 Å². The first-order valence-electron chi connectivity index (χ1n) is 5.29. The van der Waals surface area contributed by atoms with Gasteiger partial charge in [0, 0.05) is 16.3 Å². The van der Waals surface area contributed by atoms with E-state index in [2.05, 4.69) is 5.32 Å². The Balaban J connectivity index is 2.40. The maximum atomic E-state index is 13.7. The number of thiocarbonyl (C=S) groups is 1. The Morgan fingerprint density at radius 2 is 1.79 bits per heavy atom. The van der Waals surface area contributed by atoms with Gasteiger partial charge in [0.05, 0.1) is 5.69 Å². The topological polar surface area (TPSA) is 38.0 Å². The van der Waals surface area contributed by atoms with Crippen LogP contribution in [0.25, 0.3) is 0 Å². The predicted molar refractivity (Wildman–Crippen MR) is 77.0 cm³/mol. The van der Waals surface area contributed by atoms with E-state index in [4.69, 9.17) is 29.6 Å². The zero-order chi connectivity index (χ0) is 14.0. The first kappa shape index (κ1) is 13.7. The molecule has 2 aromatic carbocycles. The fourth-order valence-corrected chi connectivity index (χ4v) is 1.89. The van der Waals surface area contributed by atoms with Crippen LogP contribution in [0.15, 0.2) is 36.4 Å². The molecule has 0 heterocycles. The quantitative estimate of drug-likeness (QED) is 0.841. The third-order valence-electron chi connectivity index (χ3n) is 2.45. The van der Waals surface area contributed by atoms with Gasteiger partial charge in [-0.1, -0.05) is 23.8 Å². The molecule has 2 rings (SSSR count). The average molecular weight is 299 g/mol. The maximum absolute atomic E-state index is 13.7. The molecule has 0 atom stereocenters. The van der Waals surface area contributed by atoms with Crippen LogP contribution in [0.2, 0.25) is 5.02 Å². The lowest BCUT2D eigenvalue weighted by Crippen LogP contribution is -2.12. The van der Waals surface area contributed by atoms with Crippen LogP contribution in [0, 0.1) is 11.6 Å². The third-order valence-corrected chi connectivity index (χ3v) is 2.90. The summed E-state index contributed by atoms with van der Waals surface area (Å²) >= 11 is 10.5. The molecule has 0 saturated heterocycles. The van der Waals surface area contributed by atoms with Crippen LogP contribution >= 0.6 is 23.8 Å². The second kappa shape index (κ2) is 5.50. The smallest absolute Gasteiger partial charge is 0.148 e. The minimum atomic E-state index is -0.522. The molecule has 98 valence electrons. The van der Waals surface area contributed by atoms with Crippen LogP contribution in [0.4, 0.5) is 20.2 Å². The first-order valence-corrected chi connectivity index (χ1v) is 6.07. The third kappa shape index (κ3) is 3.19. The lowest BCUT2D eigenvalue weighted by Gasteiger charge is -2.12. The van der Waals surface area contributed by atoms with E-state index < -0.39 is 11.6 Å². The SMILES string of the molecule is NC(=S)c1cc(F)ccc1Nc1ccc(Cl)cc1F. The van der Waals surface area contributed by atoms with Crippen LogP contribution < -0.4 is 11.1 Å². The van der Waals surface area contributed by atoms with Gasteiger partial charge in [-0.15, -0.1) is 0 Å². The van der Waals surface area contributed by atoms with E-state index in [-0.39, 0.29) is 15.7 Å². The Morgan fingerprint density at radius 3 is 2.42 bits per heavy atom. The molecule has 3 N–H and O–H groups in total. The molecule has 2 aromatic rings. The maximum Gasteiger partial charge on any atom is 0.148 e. The summed E-state index contributed by atoms with van der Waals surface area (Å²) in [5, 5.41) is 3.10. The Hall–Kier alpha value is -1.72. The number of anilines is 2. The van der Waals surface area contributed by atoms with Crippen LogP contribution in [-0.2, 0) is 0 Å². The lowest BCUT2D eigenvalue weighted by atomic mass is 10.1. The second-order valence-electron chi connectivity index (χ2n) is 3.80. The van der Waals surface area contributed by atoms with E-state index in [0.717, 1.165) is 0 Å². The molecule has 0 aromatic heterocycles. The van der Waals surface area contributed by atoms with Crippen molar-refractivity contribution in [1.29, 1.82) is 0 Å². The Kier molecular flexibility index (Phi) is 3.97. The van der Waals surface area contributed by atoms with Crippen molar-refractivity contribution < 1.29 is 8.78 Å². The van der Waals surface area contributed by atoms with Crippen LogP contribution in [0.5, 0.6) is 0 Å². The van der Waals surface area contributed by atoms with E-state index in [0.29, 0.717) is 11.3 Å². The molecule has 0 spiro atoms. The normalized spacial score (nSPS) is 10.3. The molecule has 0 unspecified atom stereocenters. The summed E-state index contributed by atoms with van der Waals surface area (Å²) < 4.78 is 26.8. The average Bonchev–Trinajstić information content (AvgIpc) is 2.34. The molecular formula is C13H9ClF2N2S. The molecule has 0 aliphatic rings. The van der Waals surface area contributed by atoms with Gasteiger partial charge in [-0.25, -0.2) is 8.78 Å². The van der Waals surface area contributed by atoms with Gasteiger partial charge < -0.3 is 11.1 Å². The highest BCUT2D eigenvalue weighted by Crippen LogP contribution is 2.25. The zero-order valence-electron chi connectivity index (χ0n) is 9.58. The number of nitrogens with one attached hydrogen (secondary N) is 1. The number of benzene rings is 2. The van der Waals surface area contributed by atoms with Crippen molar-refractivity contribution in [1.82, 2.24) is 0 Å². The fraction of sp³-hybridized carbons (Fsp3) is 0. The Bertz CT molecular complexity index is 647. The first-order chi connectivity index (χ1) is 8.97. The fourth-order valence-electron chi connectivity index (χ4n) is 1.57. The molecule has 0 bridgehead atoms. The highest BCUT2D eigenvalue weighted by atomic mass is 35.5. The van der Waals surface area contributed by atoms with Crippen LogP contribution in [0.3, 0.4) is 0 Å². The molecule has 0 radical (unpaired) electrons. The number of hydrogen-bond acceptors (Lipinski definition) is 2. The summed E-state index contributed by atoms with van der Waals surface area (Å²) in [6.07, 6.45) is 0. The standard InChI is InChI=1S/C13H9ClF2N2S/c14-7-1-3-12(10(16)5-7)18-11-4-2-8(15)6-9(11)13(17)19/h1-6,18H,(H2,17,19). The molecule has 0 aliphatic carbocycles. The highest BCUT2D eigenvalue weighted by molar-refractivity contribution is 7.80. The molecule has 6 heteroatoms. The van der Waals surface area contributed by atoms with Gasteiger partial charge in [0.25, 0.3) is 0 Å². The highest BCUT2D eigenvalue weighted by Gasteiger charge is 2.09. The Morgan fingerprint density at radius 1 is 1.11 bits per heavy atom. The number of halogens is 3. The number of rotatable bonds is 3. The summed E-state index contributed by atoms with van der Waals surface area (Å²) in [6, 6.07) is 8.06. The summed E-state index contributed by atoms with van der Waals surface area (Å²) in [5.74, 6) is -0.990. The molecule has 0 aliphatic heterocycles. The van der Waals surface area contributed by atoms with Crippen molar-refractivity contribution >= 4 is 40.2 Å².